The topological polar surface area (TPSA) is 58.2 Å². The molecule has 4 fully saturated rings. The Morgan fingerprint density at radius 3 is 2.08 bits per heavy atom. The van der Waals surface area contributed by atoms with E-state index < -0.39 is 0 Å². The summed E-state index contributed by atoms with van der Waals surface area (Å²) in [6, 6.07) is 9.72. The average molecular weight is 323 g/mol. The maximum Gasteiger partial charge on any atom is 0.352 e. The van der Waals surface area contributed by atoms with Crippen LogP contribution in [0.15, 0.2) is 39.9 Å². The van der Waals surface area contributed by atoms with Gasteiger partial charge in [0, 0.05) is 12.5 Å². The van der Waals surface area contributed by atoms with E-state index in [1.165, 1.54) is 4.57 Å². The summed E-state index contributed by atoms with van der Waals surface area (Å²) < 4.78 is 10.5. The van der Waals surface area contributed by atoms with E-state index in [0.717, 1.165) is 6.61 Å². The molecule has 1 aromatic heterocycles. The number of para-hydroxylation sites is 1. The third-order valence-electron chi connectivity index (χ3n) is 7.78. The predicted molar refractivity (Wildman–Crippen MR) is 84.1 cm³/mol. The van der Waals surface area contributed by atoms with Gasteiger partial charge in [0.1, 0.15) is 0 Å². The van der Waals surface area contributed by atoms with Crippen molar-refractivity contribution in [1.29, 1.82) is 0 Å². The zero-order valence-electron chi connectivity index (χ0n) is 13.2. The van der Waals surface area contributed by atoms with E-state index in [0.29, 0.717) is 35.3 Å². The lowest BCUT2D eigenvalue weighted by Crippen LogP contribution is -2.45. The summed E-state index contributed by atoms with van der Waals surface area (Å²) in [6.45, 7) is 0.791. The normalized spacial score (nSPS) is 47.0. The number of hydrogen-bond donors (Lipinski definition) is 0. The van der Waals surface area contributed by atoms with Gasteiger partial charge in [-0.15, -0.1) is 0 Å². The van der Waals surface area contributed by atoms with Gasteiger partial charge in [0.05, 0.1) is 24.4 Å². The van der Waals surface area contributed by atoms with Crippen LogP contribution in [-0.4, -0.2) is 27.6 Å². The third kappa shape index (κ3) is 0.922. The van der Waals surface area contributed by atoms with Crippen molar-refractivity contribution in [2.24, 2.45) is 35.0 Å². The second-order valence-corrected chi connectivity index (χ2v) is 8.18. The van der Waals surface area contributed by atoms with E-state index in [2.05, 4.69) is 0 Å². The molecule has 6 aliphatic rings. The molecule has 6 heteroatoms. The largest absolute Gasteiger partial charge is 0.384 e. The first kappa shape index (κ1) is 12.3. The Morgan fingerprint density at radius 1 is 0.958 bits per heavy atom. The summed E-state index contributed by atoms with van der Waals surface area (Å²) in [5.41, 5.74) is 0.609. The highest BCUT2D eigenvalue weighted by molar-refractivity contribution is 5.44. The number of ether oxygens (including phenoxy) is 1. The molecule has 4 saturated carbocycles. The van der Waals surface area contributed by atoms with Crippen molar-refractivity contribution in [3.05, 3.63) is 51.3 Å². The van der Waals surface area contributed by atoms with Crippen molar-refractivity contribution in [3.8, 4) is 5.69 Å². The van der Waals surface area contributed by atoms with Crippen LogP contribution in [0.1, 0.15) is 12.1 Å². The fourth-order valence-corrected chi connectivity index (χ4v) is 7.44. The van der Waals surface area contributed by atoms with Gasteiger partial charge in [-0.05, 0) is 41.7 Å². The van der Waals surface area contributed by atoms with Crippen LogP contribution >= 0.6 is 0 Å². The van der Waals surface area contributed by atoms with Gasteiger partial charge in [0.15, 0.2) is 0 Å². The van der Waals surface area contributed by atoms with Crippen molar-refractivity contribution in [2.75, 3.05) is 13.7 Å². The van der Waals surface area contributed by atoms with E-state index in [-0.39, 0.29) is 28.9 Å². The Kier molecular flexibility index (Phi) is 1.71. The van der Waals surface area contributed by atoms with Crippen molar-refractivity contribution < 1.29 is 4.74 Å². The van der Waals surface area contributed by atoms with E-state index in [1.54, 1.807) is 7.11 Å². The number of rotatable bonds is 3. The fraction of sp³-hybridized carbons (Fsp3) is 0.556. The van der Waals surface area contributed by atoms with Crippen LogP contribution in [0, 0.1) is 35.0 Å². The molecule has 8 rings (SSSR count). The predicted octanol–water partition coefficient (Wildman–Crippen LogP) is 0.665. The summed E-state index contributed by atoms with van der Waals surface area (Å²) in [6.07, 6.45) is 0. The van der Waals surface area contributed by atoms with Crippen LogP contribution in [0.2, 0.25) is 0 Å². The summed E-state index contributed by atoms with van der Waals surface area (Å²) >= 11 is 0. The first-order chi connectivity index (χ1) is 11.7. The van der Waals surface area contributed by atoms with Crippen LogP contribution < -0.4 is 11.4 Å². The second kappa shape index (κ2) is 3.33. The summed E-state index contributed by atoms with van der Waals surface area (Å²) in [7, 11) is 1.77. The van der Waals surface area contributed by atoms with Gasteiger partial charge in [0.25, 0.3) is 0 Å². The number of aromatic nitrogens is 3. The van der Waals surface area contributed by atoms with Crippen LogP contribution in [0.4, 0.5) is 0 Å². The van der Waals surface area contributed by atoms with Gasteiger partial charge in [-0.2, -0.15) is 0 Å². The monoisotopic (exact) mass is 323 g/mol. The molecule has 0 amide bonds. The van der Waals surface area contributed by atoms with Gasteiger partial charge in [-0.25, -0.2) is 23.5 Å². The Hall–Kier alpha value is -2.08. The number of methoxy groups -OCH3 is 1. The molecule has 0 spiro atoms. The molecule has 0 unspecified atom stereocenters. The van der Waals surface area contributed by atoms with Crippen molar-refractivity contribution in [2.45, 2.75) is 12.1 Å². The minimum Gasteiger partial charge on any atom is -0.384 e. The molecule has 1 aromatic carbocycles. The van der Waals surface area contributed by atoms with Crippen LogP contribution in [0.5, 0.6) is 0 Å². The van der Waals surface area contributed by atoms with Gasteiger partial charge >= 0.3 is 11.4 Å². The minimum absolute atomic E-state index is 0.163. The summed E-state index contributed by atoms with van der Waals surface area (Å²) in [5, 5.41) is 0. The smallest absolute Gasteiger partial charge is 0.352 e. The maximum atomic E-state index is 13.1. The highest BCUT2D eigenvalue weighted by atomic mass is 16.5. The van der Waals surface area contributed by atoms with Gasteiger partial charge in [-0.3, -0.25) is 0 Å². The van der Waals surface area contributed by atoms with E-state index >= 15 is 0 Å². The summed E-state index contributed by atoms with van der Waals surface area (Å²) in [4.78, 5) is 26.2. The molecule has 3 heterocycles. The number of benzene rings is 1. The maximum absolute atomic E-state index is 13.1. The average Bonchev–Trinajstić information content (AvgIpc) is 3.41. The molecular formula is C18H17N3O3. The molecule has 6 atom stereocenters. The quantitative estimate of drug-likeness (QED) is 0.834. The minimum atomic E-state index is -0.163. The van der Waals surface area contributed by atoms with Crippen molar-refractivity contribution in [3.63, 3.8) is 0 Å². The molecule has 0 radical (unpaired) electrons. The lowest BCUT2D eigenvalue weighted by molar-refractivity contribution is 0.112. The molecule has 122 valence electrons. The molecule has 0 saturated heterocycles. The molecule has 2 aliphatic heterocycles. The third-order valence-corrected chi connectivity index (χ3v) is 7.78. The zero-order valence-corrected chi connectivity index (χ0v) is 13.2. The number of hydrogen-bond acceptors (Lipinski definition) is 3. The Morgan fingerprint density at radius 2 is 1.54 bits per heavy atom. The zero-order chi connectivity index (χ0) is 16.0. The first-order valence-corrected chi connectivity index (χ1v) is 8.74. The van der Waals surface area contributed by atoms with Gasteiger partial charge in [-0.1, -0.05) is 18.2 Å². The molecule has 6 nitrogen and oxygen atoms in total. The highest BCUT2D eigenvalue weighted by Crippen LogP contribution is 2.97. The molecule has 4 aliphatic carbocycles. The SMILES string of the molecule is COCC12C3[C@@H]4[C@@H]3[C@H]3[C@H]1[C@@H]2[C@H]4n1c(=O)n(-c2ccccc2)c(=O)n13. The molecule has 2 aromatic rings. The Bertz CT molecular complexity index is 977. The molecule has 0 N–H and O–H groups in total. The highest BCUT2D eigenvalue weighted by Gasteiger charge is 2.97. The van der Waals surface area contributed by atoms with E-state index in [1.807, 2.05) is 39.7 Å². The van der Waals surface area contributed by atoms with Crippen molar-refractivity contribution in [1.82, 2.24) is 13.9 Å². The summed E-state index contributed by atoms with van der Waals surface area (Å²) in [5.74, 6) is 2.98. The van der Waals surface area contributed by atoms with Crippen LogP contribution in [0.25, 0.3) is 5.69 Å². The Labute approximate surface area is 137 Å². The fourth-order valence-electron chi connectivity index (χ4n) is 7.44. The van der Waals surface area contributed by atoms with Crippen LogP contribution in [0.3, 0.4) is 0 Å². The molecular weight excluding hydrogens is 306 g/mol. The second-order valence-electron chi connectivity index (χ2n) is 8.18. The van der Waals surface area contributed by atoms with E-state index in [9.17, 15) is 9.59 Å². The first-order valence-electron chi connectivity index (χ1n) is 8.74. The van der Waals surface area contributed by atoms with Crippen LogP contribution in [-0.2, 0) is 4.74 Å². The molecule has 24 heavy (non-hydrogen) atoms. The lowest BCUT2D eigenvalue weighted by Gasteiger charge is -2.36. The molecule has 2 bridgehead atoms. The Balaban J connectivity index is 1.49. The standard InChI is InChI=1S/C18H17N3O3/c1-24-7-18-11-9-10(11)15-13(18)12(18)14(9)20-16(22)19(17(23)21(15)20)8-5-3-2-4-6-8/h2-6,9-15H,7H2,1H3/t9-,10-,11?,12+,13+,14-,15-,18?/m0/s1. The lowest BCUT2D eigenvalue weighted by atomic mass is 9.89. The van der Waals surface area contributed by atoms with Gasteiger partial charge < -0.3 is 4.74 Å². The number of nitrogens with zero attached hydrogens (tertiary/aromatic N) is 3. The van der Waals surface area contributed by atoms with Crippen molar-refractivity contribution >= 4 is 0 Å². The van der Waals surface area contributed by atoms with E-state index in [4.69, 9.17) is 4.74 Å². The van der Waals surface area contributed by atoms with Gasteiger partial charge in [0.2, 0.25) is 0 Å².